The maximum atomic E-state index is 14.1. The van der Waals surface area contributed by atoms with Crippen molar-refractivity contribution in [3.63, 3.8) is 0 Å². The first-order chi connectivity index (χ1) is 23.5. The molecule has 0 saturated carbocycles. The van der Waals surface area contributed by atoms with Crippen LogP contribution in [0.3, 0.4) is 0 Å². The van der Waals surface area contributed by atoms with Gasteiger partial charge in [-0.25, -0.2) is 9.07 Å². The lowest BCUT2D eigenvalue weighted by Crippen LogP contribution is -2.61. The molecular formula is C35H33FN8O5. The Kier molecular flexibility index (Phi) is 7.85. The zero-order chi connectivity index (χ0) is 34.4. The second kappa shape index (κ2) is 12.2. The van der Waals surface area contributed by atoms with Crippen molar-refractivity contribution in [3.05, 3.63) is 101 Å². The standard InChI is InChI=1S/C35H33FN8O5/c1-35(2)20-42(10-11-43(35)34(47)30-15-21-14-23(36)16-26(33(37)46)32(21)49-30)24-4-5-25-28(17-24)38-9-8-29(25)48-13-12-44-31(45)7-6-27(40-44)22-18-39-41(3)19-22/h4-9,14-19H,10-13,20H2,1-3H3,(H2,37,46). The molecule has 1 aliphatic heterocycles. The first-order valence-corrected chi connectivity index (χ1v) is 15.7. The largest absolute Gasteiger partial charge is 0.491 e. The van der Waals surface area contributed by atoms with Gasteiger partial charge in [0, 0.05) is 67.2 Å². The number of aryl methyl sites for hydroxylation is 1. The summed E-state index contributed by atoms with van der Waals surface area (Å²) in [7, 11) is 1.82. The third-order valence-electron chi connectivity index (χ3n) is 8.68. The van der Waals surface area contributed by atoms with Crippen molar-refractivity contribution in [2.24, 2.45) is 12.8 Å². The van der Waals surface area contributed by atoms with Crippen LogP contribution in [0.15, 0.2) is 82.4 Å². The Morgan fingerprint density at radius 2 is 1.92 bits per heavy atom. The molecule has 49 heavy (non-hydrogen) atoms. The molecule has 1 fully saturated rings. The van der Waals surface area contributed by atoms with E-state index in [1.54, 1.807) is 34.1 Å². The van der Waals surface area contributed by atoms with Crippen molar-refractivity contribution in [1.82, 2.24) is 29.4 Å². The maximum absolute atomic E-state index is 14.1. The van der Waals surface area contributed by atoms with Gasteiger partial charge in [0.1, 0.15) is 23.8 Å². The highest BCUT2D eigenvalue weighted by Crippen LogP contribution is 2.33. The number of hydrogen-bond acceptors (Lipinski definition) is 9. The number of benzene rings is 2. The van der Waals surface area contributed by atoms with E-state index in [1.165, 1.54) is 22.9 Å². The lowest BCUT2D eigenvalue weighted by molar-refractivity contribution is 0.0484. The van der Waals surface area contributed by atoms with Gasteiger partial charge in [0.05, 0.1) is 35.1 Å². The molecule has 14 heteroatoms. The minimum absolute atomic E-state index is 0.00826. The average Bonchev–Trinajstić information content (AvgIpc) is 3.70. The number of primary amides is 1. The molecule has 1 aliphatic rings. The Bertz CT molecular complexity index is 2310. The SMILES string of the molecule is Cn1cc(-c2ccc(=O)n(CCOc3ccnc4cc(N5CCN(C(=O)c6cc7cc(F)cc(C(N)=O)c7o6)C(C)(C)C5)ccc34)n2)cn1. The van der Waals surface area contributed by atoms with Crippen LogP contribution in [0, 0.1) is 5.82 Å². The number of nitrogens with zero attached hydrogens (tertiary/aromatic N) is 7. The summed E-state index contributed by atoms with van der Waals surface area (Å²) in [6, 6.07) is 14.5. The monoisotopic (exact) mass is 664 g/mol. The molecule has 7 rings (SSSR count). The van der Waals surface area contributed by atoms with Crippen LogP contribution in [-0.4, -0.2) is 73.0 Å². The van der Waals surface area contributed by atoms with Crippen molar-refractivity contribution >= 4 is 39.4 Å². The Labute approximate surface area is 279 Å². The van der Waals surface area contributed by atoms with Crippen molar-refractivity contribution in [3.8, 4) is 17.0 Å². The molecule has 13 nitrogen and oxygen atoms in total. The molecule has 0 atom stereocenters. The number of nitrogens with two attached hydrogens (primary N) is 1. The van der Waals surface area contributed by atoms with Crippen LogP contribution in [0.4, 0.5) is 10.1 Å². The van der Waals surface area contributed by atoms with E-state index in [4.69, 9.17) is 14.9 Å². The predicted octanol–water partition coefficient (Wildman–Crippen LogP) is 4.00. The van der Waals surface area contributed by atoms with Crippen LogP contribution in [-0.2, 0) is 13.6 Å². The molecule has 0 radical (unpaired) electrons. The number of halogens is 1. The third kappa shape index (κ3) is 6.08. The summed E-state index contributed by atoms with van der Waals surface area (Å²) in [6.45, 7) is 5.85. The fourth-order valence-corrected chi connectivity index (χ4v) is 6.28. The lowest BCUT2D eigenvalue weighted by atomic mass is 9.97. The van der Waals surface area contributed by atoms with Crippen molar-refractivity contribution in [1.29, 1.82) is 0 Å². The van der Waals surface area contributed by atoms with E-state index in [2.05, 4.69) is 20.1 Å². The highest BCUT2D eigenvalue weighted by molar-refractivity contribution is 6.06. The molecule has 1 saturated heterocycles. The summed E-state index contributed by atoms with van der Waals surface area (Å²) in [5.41, 5.74) is 7.67. The molecular weight excluding hydrogens is 631 g/mol. The Morgan fingerprint density at radius 3 is 2.67 bits per heavy atom. The van der Waals surface area contributed by atoms with Crippen LogP contribution in [0.2, 0.25) is 0 Å². The van der Waals surface area contributed by atoms with Crippen molar-refractivity contribution in [2.45, 2.75) is 25.9 Å². The number of piperazine rings is 1. The number of pyridine rings is 1. The molecule has 0 spiro atoms. The number of carbonyl (C=O) groups is 2. The Hall–Kier alpha value is -6.05. The molecule has 2 amide bonds. The highest BCUT2D eigenvalue weighted by Gasteiger charge is 2.38. The number of furan rings is 1. The van der Waals surface area contributed by atoms with E-state index >= 15 is 0 Å². The fraction of sp³-hybridized carbons (Fsp3) is 0.257. The number of amides is 2. The molecule has 0 unspecified atom stereocenters. The first kappa shape index (κ1) is 31.5. The van der Waals surface area contributed by atoms with Gasteiger partial charge < -0.3 is 24.7 Å². The molecule has 250 valence electrons. The van der Waals surface area contributed by atoms with Gasteiger partial charge in [-0.15, -0.1) is 0 Å². The predicted molar refractivity (Wildman–Crippen MR) is 180 cm³/mol. The van der Waals surface area contributed by atoms with Gasteiger partial charge in [0.2, 0.25) is 0 Å². The molecule has 2 N–H and O–H groups in total. The van der Waals surface area contributed by atoms with Gasteiger partial charge in [-0.2, -0.15) is 10.2 Å². The van der Waals surface area contributed by atoms with Crippen molar-refractivity contribution in [2.75, 3.05) is 31.1 Å². The van der Waals surface area contributed by atoms with Gasteiger partial charge in [0.25, 0.3) is 17.4 Å². The Morgan fingerprint density at radius 1 is 1.08 bits per heavy atom. The van der Waals surface area contributed by atoms with Crippen LogP contribution in [0.25, 0.3) is 33.1 Å². The smallest absolute Gasteiger partial charge is 0.290 e. The maximum Gasteiger partial charge on any atom is 0.290 e. The minimum Gasteiger partial charge on any atom is -0.491 e. The van der Waals surface area contributed by atoms with E-state index in [0.29, 0.717) is 36.5 Å². The van der Waals surface area contributed by atoms with Gasteiger partial charge in [-0.3, -0.25) is 24.0 Å². The second-order valence-electron chi connectivity index (χ2n) is 12.6. The average molecular weight is 665 g/mol. The second-order valence-corrected chi connectivity index (χ2v) is 12.6. The number of anilines is 1. The summed E-state index contributed by atoms with van der Waals surface area (Å²) in [5, 5.41) is 9.76. The van der Waals surface area contributed by atoms with Crippen LogP contribution in [0.5, 0.6) is 5.75 Å². The van der Waals surface area contributed by atoms with E-state index < -0.39 is 17.3 Å². The first-order valence-electron chi connectivity index (χ1n) is 15.7. The lowest BCUT2D eigenvalue weighted by Gasteiger charge is -2.47. The highest BCUT2D eigenvalue weighted by atomic mass is 19.1. The summed E-state index contributed by atoms with van der Waals surface area (Å²) < 4.78 is 29.0. The van der Waals surface area contributed by atoms with Crippen molar-refractivity contribution < 1.29 is 23.1 Å². The summed E-state index contributed by atoms with van der Waals surface area (Å²) in [4.78, 5) is 46.4. The van der Waals surface area contributed by atoms with Gasteiger partial charge in [-0.1, -0.05) is 0 Å². The zero-order valence-electron chi connectivity index (χ0n) is 27.1. The molecule has 0 aliphatic carbocycles. The summed E-state index contributed by atoms with van der Waals surface area (Å²) >= 11 is 0. The Balaban J connectivity index is 1.04. The normalized spacial score (nSPS) is 14.4. The summed E-state index contributed by atoms with van der Waals surface area (Å²) in [6.07, 6.45) is 5.21. The molecule has 4 aromatic heterocycles. The van der Waals surface area contributed by atoms with E-state index in [-0.39, 0.29) is 41.5 Å². The number of ether oxygens (including phenoxy) is 1. The van der Waals surface area contributed by atoms with Crippen LogP contribution >= 0.6 is 0 Å². The summed E-state index contributed by atoms with van der Waals surface area (Å²) in [5.74, 6) is -1.20. The number of fused-ring (bicyclic) bond motifs is 2. The molecule has 0 bridgehead atoms. The van der Waals surface area contributed by atoms with E-state index in [0.717, 1.165) is 28.2 Å². The third-order valence-corrected chi connectivity index (χ3v) is 8.68. The zero-order valence-corrected chi connectivity index (χ0v) is 27.1. The van der Waals surface area contributed by atoms with Crippen LogP contribution in [0.1, 0.15) is 34.8 Å². The molecule has 6 aromatic rings. The van der Waals surface area contributed by atoms with Gasteiger partial charge >= 0.3 is 0 Å². The number of rotatable bonds is 8. The van der Waals surface area contributed by atoms with Gasteiger partial charge in [-0.05, 0) is 62.4 Å². The minimum atomic E-state index is -0.840. The topological polar surface area (TPSA) is 155 Å². The fourth-order valence-electron chi connectivity index (χ4n) is 6.28. The van der Waals surface area contributed by atoms with Crippen LogP contribution < -0.4 is 20.9 Å². The van der Waals surface area contributed by atoms with Gasteiger partial charge in [0.15, 0.2) is 5.76 Å². The van der Waals surface area contributed by atoms with E-state index in [1.807, 2.05) is 45.3 Å². The molecule has 5 heterocycles. The quantitative estimate of drug-likeness (QED) is 0.254. The number of aromatic nitrogens is 5. The van der Waals surface area contributed by atoms with E-state index in [9.17, 15) is 18.8 Å². The number of carbonyl (C=O) groups excluding carboxylic acids is 2. The molecule has 2 aromatic carbocycles. The number of hydrogen-bond donors (Lipinski definition) is 1.